The third-order valence-electron chi connectivity index (χ3n) is 3.80. The molecule has 0 saturated heterocycles. The molecule has 0 aliphatic heterocycles. The summed E-state index contributed by atoms with van der Waals surface area (Å²) in [5.41, 5.74) is 2.89. The molecule has 0 saturated carbocycles. The van der Waals surface area contributed by atoms with Gasteiger partial charge in [0.2, 0.25) is 5.91 Å². The average Bonchev–Trinajstić information content (AvgIpc) is 2.61. The summed E-state index contributed by atoms with van der Waals surface area (Å²) < 4.78 is 0. The van der Waals surface area contributed by atoms with Gasteiger partial charge in [-0.1, -0.05) is 72.3 Å². The summed E-state index contributed by atoms with van der Waals surface area (Å²) in [5.74, 6) is -0.0559. The van der Waals surface area contributed by atoms with E-state index >= 15 is 0 Å². The van der Waals surface area contributed by atoms with Crippen LogP contribution >= 0.6 is 11.6 Å². The van der Waals surface area contributed by atoms with Gasteiger partial charge in [0, 0.05) is 24.2 Å². The van der Waals surface area contributed by atoms with Gasteiger partial charge in [0.25, 0.3) is 0 Å². The predicted molar refractivity (Wildman–Crippen MR) is 97.2 cm³/mol. The number of aromatic nitrogens is 1. The number of hydrogen-bond acceptors (Lipinski definition) is 2. The number of nitrogens with zero attached hydrogens (tertiary/aromatic N) is 1. The van der Waals surface area contributed by atoms with E-state index in [0.29, 0.717) is 17.3 Å². The van der Waals surface area contributed by atoms with Crippen molar-refractivity contribution in [1.82, 2.24) is 4.98 Å². The number of halogens is 1. The standard InChI is InChI=1S/C20H17ClN2O/c21-19-13-17(11-12-22-19)23-20(24)14-18(15-7-3-1-4-8-15)16-9-5-2-6-10-16/h1-13,18H,14H2,(H,22,23,24). The van der Waals surface area contributed by atoms with Crippen molar-refractivity contribution in [1.29, 1.82) is 0 Å². The van der Waals surface area contributed by atoms with Gasteiger partial charge in [-0.3, -0.25) is 4.79 Å². The van der Waals surface area contributed by atoms with Crippen LogP contribution in [0.2, 0.25) is 5.15 Å². The van der Waals surface area contributed by atoms with Crippen LogP contribution < -0.4 is 5.32 Å². The first-order chi connectivity index (χ1) is 11.7. The van der Waals surface area contributed by atoms with Crippen molar-refractivity contribution < 1.29 is 4.79 Å². The van der Waals surface area contributed by atoms with Crippen molar-refractivity contribution in [3.63, 3.8) is 0 Å². The number of carbonyl (C=O) groups excluding carboxylic acids is 1. The number of benzene rings is 2. The Bertz CT molecular complexity index is 767. The fourth-order valence-corrected chi connectivity index (χ4v) is 2.85. The molecule has 1 aromatic heterocycles. The highest BCUT2D eigenvalue weighted by Crippen LogP contribution is 2.28. The molecule has 0 aliphatic carbocycles. The maximum Gasteiger partial charge on any atom is 0.225 e. The van der Waals surface area contributed by atoms with Crippen LogP contribution in [0.5, 0.6) is 0 Å². The molecule has 24 heavy (non-hydrogen) atoms. The highest BCUT2D eigenvalue weighted by molar-refractivity contribution is 6.29. The molecule has 3 rings (SSSR count). The monoisotopic (exact) mass is 336 g/mol. The summed E-state index contributed by atoms with van der Waals surface area (Å²) in [5, 5.41) is 3.25. The molecule has 120 valence electrons. The fraction of sp³-hybridized carbons (Fsp3) is 0.100. The van der Waals surface area contributed by atoms with E-state index < -0.39 is 0 Å². The van der Waals surface area contributed by atoms with Gasteiger partial charge >= 0.3 is 0 Å². The number of carbonyl (C=O) groups is 1. The quantitative estimate of drug-likeness (QED) is 0.673. The van der Waals surface area contributed by atoms with Crippen molar-refractivity contribution in [2.75, 3.05) is 5.32 Å². The number of pyridine rings is 1. The van der Waals surface area contributed by atoms with E-state index in [9.17, 15) is 4.79 Å². The van der Waals surface area contributed by atoms with Gasteiger partial charge in [0.1, 0.15) is 5.15 Å². The Labute approximate surface area is 146 Å². The van der Waals surface area contributed by atoms with Crippen LogP contribution in [0.3, 0.4) is 0 Å². The molecule has 4 heteroatoms. The molecular weight excluding hydrogens is 320 g/mol. The van der Waals surface area contributed by atoms with Crippen molar-refractivity contribution in [2.45, 2.75) is 12.3 Å². The van der Waals surface area contributed by atoms with Gasteiger partial charge in [-0.15, -0.1) is 0 Å². The maximum atomic E-state index is 12.5. The summed E-state index contributed by atoms with van der Waals surface area (Å²) >= 11 is 5.86. The van der Waals surface area contributed by atoms with Crippen molar-refractivity contribution in [2.24, 2.45) is 0 Å². The average molecular weight is 337 g/mol. The molecule has 1 heterocycles. The molecule has 2 aromatic carbocycles. The van der Waals surface area contributed by atoms with Crippen LogP contribution in [-0.4, -0.2) is 10.9 Å². The molecule has 3 nitrogen and oxygen atoms in total. The summed E-state index contributed by atoms with van der Waals surface area (Å²) in [6.45, 7) is 0. The lowest BCUT2D eigenvalue weighted by Gasteiger charge is -2.18. The van der Waals surface area contributed by atoms with E-state index in [1.54, 1.807) is 18.3 Å². The first-order valence-electron chi connectivity index (χ1n) is 7.73. The number of amides is 1. The zero-order valence-corrected chi connectivity index (χ0v) is 13.8. The minimum atomic E-state index is -0.0602. The Morgan fingerprint density at radius 1 is 0.958 bits per heavy atom. The number of anilines is 1. The number of hydrogen-bond donors (Lipinski definition) is 1. The highest BCUT2D eigenvalue weighted by atomic mass is 35.5. The van der Waals surface area contributed by atoms with Gasteiger partial charge in [-0.05, 0) is 23.3 Å². The summed E-state index contributed by atoms with van der Waals surface area (Å²) in [6.07, 6.45) is 1.93. The molecule has 0 bridgehead atoms. The molecule has 0 atom stereocenters. The third-order valence-corrected chi connectivity index (χ3v) is 4.01. The van der Waals surface area contributed by atoms with E-state index in [2.05, 4.69) is 10.3 Å². The molecule has 0 aliphatic rings. The molecular formula is C20H17ClN2O. The van der Waals surface area contributed by atoms with Crippen LogP contribution in [0.1, 0.15) is 23.5 Å². The van der Waals surface area contributed by atoms with Crippen LogP contribution in [0.15, 0.2) is 79.0 Å². The molecule has 0 radical (unpaired) electrons. The van der Waals surface area contributed by atoms with Crippen LogP contribution in [0.4, 0.5) is 5.69 Å². The predicted octanol–water partition coefficient (Wildman–Crippen LogP) is 4.90. The van der Waals surface area contributed by atoms with Gasteiger partial charge in [-0.25, -0.2) is 4.98 Å². The van der Waals surface area contributed by atoms with Crippen LogP contribution in [0, 0.1) is 0 Å². The Morgan fingerprint density at radius 3 is 2.08 bits per heavy atom. The first-order valence-corrected chi connectivity index (χ1v) is 8.11. The maximum absolute atomic E-state index is 12.5. The van der Waals surface area contributed by atoms with E-state index in [1.165, 1.54) is 0 Å². The molecule has 0 unspecified atom stereocenters. The van der Waals surface area contributed by atoms with E-state index in [4.69, 9.17) is 11.6 Å². The Morgan fingerprint density at radius 2 is 1.54 bits per heavy atom. The summed E-state index contributed by atoms with van der Waals surface area (Å²) in [6, 6.07) is 23.5. The SMILES string of the molecule is O=C(CC(c1ccccc1)c1ccccc1)Nc1ccnc(Cl)c1. The van der Waals surface area contributed by atoms with Gasteiger partial charge in [0.05, 0.1) is 0 Å². The second-order valence-corrected chi connectivity index (χ2v) is 5.88. The first kappa shape index (κ1) is 16.2. The second-order valence-electron chi connectivity index (χ2n) is 5.49. The molecule has 3 aromatic rings. The minimum Gasteiger partial charge on any atom is -0.326 e. The van der Waals surface area contributed by atoms with Crippen LogP contribution in [-0.2, 0) is 4.79 Å². The van der Waals surface area contributed by atoms with E-state index in [0.717, 1.165) is 11.1 Å². The fourth-order valence-electron chi connectivity index (χ4n) is 2.68. The number of rotatable bonds is 5. The molecule has 0 fully saturated rings. The van der Waals surface area contributed by atoms with Crippen molar-refractivity contribution >= 4 is 23.2 Å². The topological polar surface area (TPSA) is 42.0 Å². The zero-order valence-electron chi connectivity index (χ0n) is 13.0. The lowest BCUT2D eigenvalue weighted by atomic mass is 9.88. The lowest BCUT2D eigenvalue weighted by molar-refractivity contribution is -0.116. The third kappa shape index (κ3) is 4.21. The van der Waals surface area contributed by atoms with Crippen LogP contribution in [0.25, 0.3) is 0 Å². The van der Waals surface area contributed by atoms with Gasteiger partial charge in [-0.2, -0.15) is 0 Å². The Kier molecular flexibility index (Phi) is 5.24. The largest absolute Gasteiger partial charge is 0.326 e. The zero-order chi connectivity index (χ0) is 16.8. The lowest BCUT2D eigenvalue weighted by Crippen LogP contribution is -2.16. The van der Waals surface area contributed by atoms with Crippen molar-refractivity contribution in [3.05, 3.63) is 95.3 Å². The van der Waals surface area contributed by atoms with Crippen molar-refractivity contribution in [3.8, 4) is 0 Å². The molecule has 1 N–H and O–H groups in total. The van der Waals surface area contributed by atoms with E-state index in [1.807, 2.05) is 60.7 Å². The summed E-state index contributed by atoms with van der Waals surface area (Å²) in [4.78, 5) is 16.4. The van der Waals surface area contributed by atoms with Gasteiger partial charge < -0.3 is 5.32 Å². The number of nitrogens with one attached hydrogen (secondary N) is 1. The Balaban J connectivity index is 1.80. The smallest absolute Gasteiger partial charge is 0.225 e. The minimum absolute atomic E-state index is 0.00436. The second kappa shape index (κ2) is 7.75. The van der Waals surface area contributed by atoms with E-state index in [-0.39, 0.29) is 11.8 Å². The molecule has 1 amide bonds. The highest BCUT2D eigenvalue weighted by Gasteiger charge is 2.18. The van der Waals surface area contributed by atoms with Gasteiger partial charge in [0.15, 0.2) is 0 Å². The Hall–Kier alpha value is -2.65. The molecule has 0 spiro atoms. The summed E-state index contributed by atoms with van der Waals surface area (Å²) in [7, 11) is 0. The normalized spacial score (nSPS) is 10.6.